The average Bonchev–Trinajstić information content (AvgIpc) is 2.56. The van der Waals surface area contributed by atoms with Gasteiger partial charge in [0, 0.05) is 21.2 Å². The maximum absolute atomic E-state index is 13.3. The Hall–Kier alpha value is -1.77. The van der Waals surface area contributed by atoms with Crippen molar-refractivity contribution in [3.8, 4) is 5.75 Å². The third-order valence-electron chi connectivity index (χ3n) is 3.99. The Balaban J connectivity index is 2.35. The minimum absolute atomic E-state index is 0.0793. The summed E-state index contributed by atoms with van der Waals surface area (Å²) in [6, 6.07) is 7.79. The molecule has 2 aromatic rings. The summed E-state index contributed by atoms with van der Waals surface area (Å²) < 4.78 is 46.3. The smallest absolute Gasteiger partial charge is 0.419 e. The first-order valence-electron chi connectivity index (χ1n) is 8.02. The van der Waals surface area contributed by atoms with Gasteiger partial charge in [0.2, 0.25) is 5.91 Å². The monoisotopic (exact) mass is 477 g/mol. The van der Waals surface area contributed by atoms with Gasteiger partial charge in [-0.15, -0.1) is 0 Å². The maximum atomic E-state index is 13.3. The van der Waals surface area contributed by atoms with Crippen molar-refractivity contribution in [3.05, 3.63) is 56.2 Å². The van der Waals surface area contributed by atoms with Crippen LogP contribution in [-0.4, -0.2) is 5.91 Å². The number of ether oxygens (including phenoxy) is 1. The molecule has 7 heteroatoms. The van der Waals surface area contributed by atoms with Gasteiger partial charge in [-0.05, 0) is 71.8 Å². The summed E-state index contributed by atoms with van der Waals surface area (Å²) in [5.74, 6) is -0.386. The maximum Gasteiger partial charge on any atom is 0.419 e. The molecule has 0 saturated carbocycles. The molecule has 0 aliphatic heterocycles. The van der Waals surface area contributed by atoms with E-state index in [1.54, 1.807) is 32.9 Å². The van der Waals surface area contributed by atoms with E-state index >= 15 is 0 Å². The summed E-state index contributed by atoms with van der Waals surface area (Å²) in [6.45, 7) is 5.02. The third kappa shape index (κ3) is 4.90. The van der Waals surface area contributed by atoms with Gasteiger partial charge in [-0.2, -0.15) is 13.2 Å². The van der Waals surface area contributed by atoms with Gasteiger partial charge in [-0.1, -0.05) is 13.0 Å². The number of hydrogen-bond donors (Lipinski definition) is 1. The molecule has 0 heterocycles. The molecule has 0 spiro atoms. The molecule has 0 aromatic heterocycles. The molecule has 0 bridgehead atoms. The van der Waals surface area contributed by atoms with Gasteiger partial charge in [0.05, 0.1) is 5.56 Å². The molecule has 0 saturated heterocycles. The van der Waals surface area contributed by atoms with E-state index in [0.29, 0.717) is 23.2 Å². The summed E-state index contributed by atoms with van der Waals surface area (Å²) in [4.78, 5) is 11.7. The lowest BCUT2D eigenvalue weighted by Crippen LogP contribution is -2.14. The topological polar surface area (TPSA) is 38.3 Å². The summed E-state index contributed by atoms with van der Waals surface area (Å²) in [7, 11) is 0. The Kier molecular flexibility index (Phi) is 6.54. The van der Waals surface area contributed by atoms with Crippen molar-refractivity contribution in [3.63, 3.8) is 0 Å². The molecule has 0 unspecified atom stereocenters. The van der Waals surface area contributed by atoms with Crippen LogP contribution in [0.4, 0.5) is 18.9 Å². The van der Waals surface area contributed by atoms with Gasteiger partial charge in [0.25, 0.3) is 0 Å². The second-order valence-electron chi connectivity index (χ2n) is 5.89. The van der Waals surface area contributed by atoms with E-state index in [1.165, 1.54) is 6.07 Å². The van der Waals surface area contributed by atoms with Gasteiger partial charge in [-0.25, -0.2) is 0 Å². The Morgan fingerprint density at radius 3 is 2.46 bits per heavy atom. The van der Waals surface area contributed by atoms with Crippen LogP contribution in [0, 0.1) is 17.4 Å². The van der Waals surface area contributed by atoms with Crippen LogP contribution in [0.2, 0.25) is 0 Å². The van der Waals surface area contributed by atoms with Crippen LogP contribution in [0.15, 0.2) is 30.3 Å². The molecule has 1 N–H and O–H groups in total. The molecule has 140 valence electrons. The summed E-state index contributed by atoms with van der Waals surface area (Å²) in [5.41, 5.74) is 1.65. The van der Waals surface area contributed by atoms with Crippen molar-refractivity contribution in [1.82, 2.24) is 0 Å². The fourth-order valence-electron chi connectivity index (χ4n) is 2.34. The molecule has 2 rings (SSSR count). The van der Waals surface area contributed by atoms with Gasteiger partial charge < -0.3 is 10.1 Å². The highest BCUT2D eigenvalue weighted by Crippen LogP contribution is 2.38. The Morgan fingerprint density at radius 2 is 1.85 bits per heavy atom. The van der Waals surface area contributed by atoms with Crippen molar-refractivity contribution >= 4 is 34.2 Å². The quantitative estimate of drug-likeness (QED) is 0.549. The van der Waals surface area contributed by atoms with E-state index in [4.69, 9.17) is 4.74 Å². The number of rotatable bonds is 5. The molecular formula is C19H19F3INO2. The number of aryl methyl sites for hydroxylation is 2. The fourth-order valence-corrected chi connectivity index (χ4v) is 3.00. The Morgan fingerprint density at radius 1 is 1.19 bits per heavy atom. The number of hydrogen-bond acceptors (Lipinski definition) is 2. The Bertz CT molecular complexity index is 819. The van der Waals surface area contributed by atoms with Crippen LogP contribution in [-0.2, 0) is 17.6 Å². The predicted molar refractivity (Wildman–Crippen MR) is 103 cm³/mol. The highest BCUT2D eigenvalue weighted by atomic mass is 127. The molecule has 2 aromatic carbocycles. The highest BCUT2D eigenvalue weighted by molar-refractivity contribution is 14.1. The molecule has 3 nitrogen and oxygen atoms in total. The summed E-state index contributed by atoms with van der Waals surface area (Å²) in [6.07, 6.45) is -4.20. The lowest BCUT2D eigenvalue weighted by Gasteiger charge is -2.18. The van der Waals surface area contributed by atoms with Crippen molar-refractivity contribution in [2.45, 2.75) is 40.0 Å². The number of carbonyl (C=O) groups is 1. The van der Waals surface area contributed by atoms with Crippen LogP contribution < -0.4 is 10.1 Å². The summed E-state index contributed by atoms with van der Waals surface area (Å²) in [5, 5.41) is 2.76. The van der Waals surface area contributed by atoms with Gasteiger partial charge in [0.15, 0.2) is 0 Å². The zero-order valence-corrected chi connectivity index (χ0v) is 16.8. The molecule has 1 amide bonds. The number of benzene rings is 2. The number of anilines is 1. The van der Waals surface area contributed by atoms with E-state index in [2.05, 4.69) is 27.9 Å². The van der Waals surface area contributed by atoms with Gasteiger partial charge in [-0.3, -0.25) is 4.79 Å². The zero-order valence-electron chi connectivity index (χ0n) is 14.6. The predicted octanol–water partition coefficient (Wildman–Crippen LogP) is 5.85. The molecular weight excluding hydrogens is 458 g/mol. The third-order valence-corrected chi connectivity index (χ3v) is 5.00. The first kappa shape index (κ1) is 20.5. The minimum Gasteiger partial charge on any atom is -0.488 e. The first-order valence-corrected chi connectivity index (χ1v) is 9.09. The van der Waals surface area contributed by atoms with Crippen molar-refractivity contribution in [2.24, 2.45) is 0 Å². The van der Waals surface area contributed by atoms with E-state index in [1.807, 2.05) is 6.07 Å². The minimum atomic E-state index is -4.50. The van der Waals surface area contributed by atoms with E-state index in [0.717, 1.165) is 15.2 Å². The summed E-state index contributed by atoms with van der Waals surface area (Å²) >= 11 is 2.07. The molecule has 0 radical (unpaired) electrons. The van der Waals surface area contributed by atoms with Crippen LogP contribution in [0.5, 0.6) is 5.75 Å². The standard InChI is InChI=1S/C19H19F3INO2/c1-4-18(25)24-16-7-5-6-15(23)13(16)10-26-17-9-12(3)11(2)8-14(17)19(20,21)22/h5-9H,4,10H2,1-3H3,(H,24,25). The Labute approximate surface area is 164 Å². The SMILES string of the molecule is CCC(=O)Nc1cccc(I)c1COc1cc(C)c(C)cc1C(F)(F)F. The van der Waals surface area contributed by atoms with E-state index in [9.17, 15) is 18.0 Å². The van der Waals surface area contributed by atoms with Gasteiger partial charge in [0.1, 0.15) is 12.4 Å². The normalized spacial score (nSPS) is 11.3. The number of halogens is 4. The molecule has 26 heavy (non-hydrogen) atoms. The van der Waals surface area contributed by atoms with Crippen LogP contribution in [0.25, 0.3) is 0 Å². The number of nitrogens with one attached hydrogen (secondary N) is 1. The number of carbonyl (C=O) groups excluding carboxylic acids is 1. The van der Waals surface area contributed by atoms with Crippen LogP contribution in [0.1, 0.15) is 35.6 Å². The average molecular weight is 477 g/mol. The number of alkyl halides is 3. The zero-order chi connectivity index (χ0) is 19.5. The molecule has 0 fully saturated rings. The second kappa shape index (κ2) is 8.28. The lowest BCUT2D eigenvalue weighted by molar-refractivity contribution is -0.139. The fraction of sp³-hybridized carbons (Fsp3) is 0.316. The van der Waals surface area contributed by atoms with Crippen LogP contribution in [0.3, 0.4) is 0 Å². The van der Waals surface area contributed by atoms with Crippen LogP contribution >= 0.6 is 22.6 Å². The van der Waals surface area contributed by atoms with E-state index < -0.39 is 11.7 Å². The molecule has 0 aliphatic carbocycles. The molecule has 0 aliphatic rings. The van der Waals surface area contributed by atoms with Gasteiger partial charge >= 0.3 is 6.18 Å². The highest BCUT2D eigenvalue weighted by Gasteiger charge is 2.35. The number of amides is 1. The lowest BCUT2D eigenvalue weighted by atomic mass is 10.0. The second-order valence-corrected chi connectivity index (χ2v) is 7.05. The first-order chi connectivity index (χ1) is 12.1. The van der Waals surface area contributed by atoms with E-state index in [-0.39, 0.29) is 18.3 Å². The molecule has 0 atom stereocenters. The van der Waals surface area contributed by atoms with Crippen molar-refractivity contribution < 1.29 is 22.7 Å². The largest absolute Gasteiger partial charge is 0.488 e. The van der Waals surface area contributed by atoms with Crippen molar-refractivity contribution in [2.75, 3.05) is 5.32 Å². The van der Waals surface area contributed by atoms with Crippen molar-refractivity contribution in [1.29, 1.82) is 0 Å².